The molecule has 5 nitrogen and oxygen atoms in total. The van der Waals surface area contributed by atoms with Gasteiger partial charge in [0.25, 0.3) is 0 Å². The molecule has 0 fully saturated rings. The van der Waals surface area contributed by atoms with Gasteiger partial charge < -0.3 is 10.2 Å². The van der Waals surface area contributed by atoms with Gasteiger partial charge in [-0.1, -0.05) is 42.3 Å². The largest absolute Gasteiger partial charge is 0.489 e. The number of nitrogens with zero attached hydrogens (tertiary/aromatic N) is 2. The lowest BCUT2D eigenvalue weighted by Crippen LogP contribution is -2.18. The zero-order chi connectivity index (χ0) is 19.2. The average molecular weight is 423 g/mol. The molecule has 0 amide bonds. The molecule has 0 bridgehead atoms. The second kappa shape index (κ2) is 9.26. The third-order valence-electron chi connectivity index (χ3n) is 3.95. The van der Waals surface area contributed by atoms with E-state index in [1.54, 1.807) is 4.68 Å². The van der Waals surface area contributed by atoms with Crippen molar-refractivity contribution in [3.63, 3.8) is 0 Å². The first-order chi connectivity index (χ1) is 13.1. The molecule has 2 N–H and O–H groups in total. The molecule has 0 spiro atoms. The number of benzene rings is 2. The van der Waals surface area contributed by atoms with Crippen molar-refractivity contribution >= 4 is 35.4 Å². The third-order valence-corrected chi connectivity index (χ3v) is 4.69. The van der Waals surface area contributed by atoms with E-state index in [-0.39, 0.29) is 0 Å². The number of halogens is 2. The fourth-order valence-electron chi connectivity index (χ4n) is 2.66. The quantitative estimate of drug-likeness (QED) is 0.469. The second-order valence-electron chi connectivity index (χ2n) is 6.04. The van der Waals surface area contributed by atoms with Crippen LogP contribution in [0.25, 0.3) is 0 Å². The van der Waals surface area contributed by atoms with Gasteiger partial charge in [-0.05, 0) is 54.5 Å². The summed E-state index contributed by atoms with van der Waals surface area (Å²) in [4.78, 5) is 0. The highest BCUT2D eigenvalue weighted by Gasteiger charge is 2.09. The summed E-state index contributed by atoms with van der Waals surface area (Å²) in [5.74, 6) is 1.62. The molecule has 2 aromatic carbocycles. The van der Waals surface area contributed by atoms with E-state index in [2.05, 4.69) is 22.5 Å². The summed E-state index contributed by atoms with van der Waals surface area (Å²) in [5.41, 5.74) is 5.22. The van der Waals surface area contributed by atoms with Gasteiger partial charge in [-0.2, -0.15) is 5.10 Å². The van der Waals surface area contributed by atoms with E-state index in [4.69, 9.17) is 40.2 Å². The Morgan fingerprint density at radius 1 is 1.19 bits per heavy atom. The maximum absolute atomic E-state index is 6.18. The summed E-state index contributed by atoms with van der Waals surface area (Å²) >= 11 is 17.5. The van der Waals surface area contributed by atoms with Gasteiger partial charge in [0.05, 0.1) is 6.54 Å². The number of nitrogens with one attached hydrogen (secondary N) is 2. The van der Waals surface area contributed by atoms with Crippen LogP contribution in [0.1, 0.15) is 30.3 Å². The zero-order valence-corrected chi connectivity index (χ0v) is 17.2. The molecule has 0 atom stereocenters. The van der Waals surface area contributed by atoms with Gasteiger partial charge in [0.2, 0.25) is 4.77 Å². The van der Waals surface area contributed by atoms with Gasteiger partial charge in [-0.15, -0.1) is 0 Å². The lowest BCUT2D eigenvalue weighted by molar-refractivity contribution is 0.303. The van der Waals surface area contributed by atoms with Gasteiger partial charge in [0.15, 0.2) is 5.82 Å². The highest BCUT2D eigenvalue weighted by atomic mass is 35.5. The van der Waals surface area contributed by atoms with Crippen molar-refractivity contribution in [2.75, 3.05) is 5.43 Å². The van der Waals surface area contributed by atoms with E-state index in [1.165, 1.54) is 0 Å². The van der Waals surface area contributed by atoms with E-state index < -0.39 is 0 Å². The molecule has 142 valence electrons. The smallest absolute Gasteiger partial charge is 0.214 e. The van der Waals surface area contributed by atoms with Crippen LogP contribution in [0.3, 0.4) is 0 Å². The normalized spacial score (nSPS) is 10.8. The van der Waals surface area contributed by atoms with Crippen molar-refractivity contribution in [3.05, 3.63) is 74.2 Å². The Morgan fingerprint density at radius 3 is 2.78 bits per heavy atom. The maximum atomic E-state index is 6.18. The van der Waals surface area contributed by atoms with Crippen LogP contribution in [-0.4, -0.2) is 14.9 Å². The van der Waals surface area contributed by atoms with Crippen molar-refractivity contribution in [1.29, 1.82) is 0 Å². The van der Waals surface area contributed by atoms with Gasteiger partial charge in [-0.3, -0.25) is 5.10 Å². The topological polar surface area (TPSA) is 54.9 Å². The second-order valence-corrected chi connectivity index (χ2v) is 7.30. The number of hydrogen-bond donors (Lipinski definition) is 2. The number of ether oxygens (including phenoxy) is 1. The third kappa shape index (κ3) is 5.25. The van der Waals surface area contributed by atoms with Gasteiger partial charge >= 0.3 is 0 Å². The summed E-state index contributed by atoms with van der Waals surface area (Å²) in [6, 6.07) is 13.2. The molecule has 1 heterocycles. The highest BCUT2D eigenvalue weighted by molar-refractivity contribution is 7.71. The molecule has 0 radical (unpaired) electrons. The van der Waals surface area contributed by atoms with Crippen LogP contribution in [0.4, 0.5) is 0 Å². The minimum atomic E-state index is 0.418. The zero-order valence-electron chi connectivity index (χ0n) is 14.8. The number of H-pyrrole nitrogens is 1. The molecule has 0 aliphatic carbocycles. The number of rotatable bonds is 8. The van der Waals surface area contributed by atoms with Crippen LogP contribution in [0, 0.1) is 4.77 Å². The Labute approximate surface area is 173 Å². The van der Waals surface area contributed by atoms with E-state index >= 15 is 0 Å². The Kier molecular flexibility index (Phi) is 6.77. The molecule has 1 aromatic heterocycles. The summed E-state index contributed by atoms with van der Waals surface area (Å²) in [7, 11) is 0. The minimum absolute atomic E-state index is 0.418. The Hall–Kier alpha value is -2.02. The predicted molar refractivity (Wildman–Crippen MR) is 112 cm³/mol. The van der Waals surface area contributed by atoms with E-state index in [9.17, 15) is 0 Å². The minimum Gasteiger partial charge on any atom is -0.489 e. The maximum Gasteiger partial charge on any atom is 0.214 e. The molecule has 27 heavy (non-hydrogen) atoms. The number of aromatic nitrogens is 3. The summed E-state index contributed by atoms with van der Waals surface area (Å²) in [5, 5.41) is 8.41. The molecule has 0 aliphatic rings. The number of aromatic amines is 1. The molecule has 0 saturated carbocycles. The first kappa shape index (κ1) is 19.7. The van der Waals surface area contributed by atoms with Crippen LogP contribution in [0.15, 0.2) is 42.5 Å². The highest BCUT2D eigenvalue weighted by Crippen LogP contribution is 2.24. The van der Waals surface area contributed by atoms with Crippen molar-refractivity contribution in [2.24, 2.45) is 0 Å². The molecule has 0 saturated heterocycles. The van der Waals surface area contributed by atoms with Crippen LogP contribution in [0.2, 0.25) is 10.0 Å². The molecule has 3 aromatic rings. The molecular weight excluding hydrogens is 403 g/mol. The monoisotopic (exact) mass is 422 g/mol. The SMILES string of the molecule is CCCc1n[nH]c(=S)n1NCc1cc(Cl)ccc1OCc1cccc(Cl)c1. The fraction of sp³-hybridized carbons (Fsp3) is 0.263. The number of aryl methyl sites for hydroxylation is 1. The molecular formula is C19H20Cl2N4OS. The van der Waals surface area contributed by atoms with Crippen molar-refractivity contribution < 1.29 is 4.74 Å². The van der Waals surface area contributed by atoms with Gasteiger partial charge in [0.1, 0.15) is 12.4 Å². The van der Waals surface area contributed by atoms with Crippen LogP contribution >= 0.6 is 35.4 Å². The van der Waals surface area contributed by atoms with Crippen LogP contribution in [0.5, 0.6) is 5.75 Å². The van der Waals surface area contributed by atoms with Crippen LogP contribution in [-0.2, 0) is 19.6 Å². The van der Waals surface area contributed by atoms with Crippen molar-refractivity contribution in [2.45, 2.75) is 32.9 Å². The summed E-state index contributed by atoms with van der Waals surface area (Å²) in [6.07, 6.45) is 1.81. The number of hydrogen-bond acceptors (Lipinski definition) is 4. The average Bonchev–Trinajstić information content (AvgIpc) is 2.99. The van der Waals surface area contributed by atoms with Crippen molar-refractivity contribution in [3.8, 4) is 5.75 Å². The van der Waals surface area contributed by atoms with Gasteiger partial charge in [0, 0.05) is 22.0 Å². The molecule has 8 heteroatoms. The summed E-state index contributed by atoms with van der Waals surface area (Å²) in [6.45, 7) is 3.01. The molecule has 3 rings (SSSR count). The van der Waals surface area contributed by atoms with E-state index in [0.29, 0.717) is 28.0 Å². The standard InChI is InChI=1S/C19H20Cl2N4OS/c1-2-4-18-23-24-19(27)25(18)22-11-14-10-16(21)7-8-17(14)26-12-13-5-3-6-15(20)9-13/h3,5-10,22H,2,4,11-12H2,1H3,(H,24,27). The predicted octanol–water partition coefficient (Wildman–Crippen LogP) is 5.52. The first-order valence-electron chi connectivity index (χ1n) is 8.62. The summed E-state index contributed by atoms with van der Waals surface area (Å²) < 4.78 is 8.32. The Balaban J connectivity index is 1.74. The lowest BCUT2D eigenvalue weighted by atomic mass is 10.2. The Bertz CT molecular complexity index is 970. The van der Waals surface area contributed by atoms with E-state index in [1.807, 2.05) is 42.5 Å². The fourth-order valence-corrected chi connectivity index (χ4v) is 3.29. The molecule has 0 unspecified atom stereocenters. The molecule has 0 aliphatic heterocycles. The lowest BCUT2D eigenvalue weighted by Gasteiger charge is -2.15. The first-order valence-corrected chi connectivity index (χ1v) is 9.79. The van der Waals surface area contributed by atoms with Crippen LogP contribution < -0.4 is 10.2 Å². The van der Waals surface area contributed by atoms with E-state index in [0.717, 1.165) is 35.5 Å². The Morgan fingerprint density at radius 2 is 2.00 bits per heavy atom. The van der Waals surface area contributed by atoms with Gasteiger partial charge in [-0.25, -0.2) is 4.68 Å². The van der Waals surface area contributed by atoms with Crippen molar-refractivity contribution in [1.82, 2.24) is 14.9 Å².